The first kappa shape index (κ1) is 11.5. The molecular weight excluding hydrogens is 196 g/mol. The zero-order chi connectivity index (χ0) is 11.1. The highest BCUT2D eigenvalue weighted by Crippen LogP contribution is 2.09. The van der Waals surface area contributed by atoms with Gasteiger partial charge in [-0.1, -0.05) is 18.2 Å². The molecule has 0 spiro atoms. The second-order valence-corrected chi connectivity index (χ2v) is 3.02. The summed E-state index contributed by atoms with van der Waals surface area (Å²) >= 11 is 0. The molecule has 4 heteroatoms. The fraction of sp³-hybridized carbons (Fsp3) is 0.364. The predicted octanol–water partition coefficient (Wildman–Crippen LogP) is 2.24. The van der Waals surface area contributed by atoms with Crippen LogP contribution in [0.3, 0.4) is 0 Å². The molecule has 15 heavy (non-hydrogen) atoms. The smallest absolute Gasteiger partial charge is 0.431 e. The molecule has 0 amide bonds. The summed E-state index contributed by atoms with van der Waals surface area (Å²) in [4.78, 5) is 11.1. The van der Waals surface area contributed by atoms with Crippen LogP contribution in [0.2, 0.25) is 0 Å². The van der Waals surface area contributed by atoms with E-state index >= 15 is 0 Å². The lowest BCUT2D eigenvalue weighted by molar-refractivity contribution is 0.0287. The fourth-order valence-electron chi connectivity index (χ4n) is 0.868. The van der Waals surface area contributed by atoms with Crippen molar-refractivity contribution in [3.05, 3.63) is 30.3 Å². The Balaban J connectivity index is 2.31. The molecule has 82 valence electrons. The van der Waals surface area contributed by atoms with Crippen LogP contribution >= 0.6 is 0 Å². The quantitative estimate of drug-likeness (QED) is 0.564. The van der Waals surface area contributed by atoms with Gasteiger partial charge in [-0.15, -0.1) is 0 Å². The third-order valence-electron chi connectivity index (χ3n) is 1.78. The van der Waals surface area contributed by atoms with E-state index in [1.807, 2.05) is 6.07 Å². The average molecular weight is 210 g/mol. The van der Waals surface area contributed by atoms with Crippen LogP contribution in [0.25, 0.3) is 0 Å². The normalized spacial score (nSPS) is 11.9. The van der Waals surface area contributed by atoms with Gasteiger partial charge in [0.2, 0.25) is 0 Å². The van der Waals surface area contributed by atoms with Gasteiger partial charge in [-0.05, 0) is 19.1 Å². The summed E-state index contributed by atoms with van der Waals surface area (Å²) < 4.78 is 14.6. The number of carbonyl (C=O) groups is 1. The van der Waals surface area contributed by atoms with E-state index in [9.17, 15) is 4.79 Å². The summed E-state index contributed by atoms with van der Waals surface area (Å²) in [6, 6.07) is 8.76. The van der Waals surface area contributed by atoms with Crippen molar-refractivity contribution in [2.24, 2.45) is 0 Å². The van der Waals surface area contributed by atoms with E-state index in [0.717, 1.165) is 0 Å². The predicted molar refractivity (Wildman–Crippen MR) is 54.9 cm³/mol. The van der Waals surface area contributed by atoms with Gasteiger partial charge in [0, 0.05) is 7.11 Å². The molecule has 0 fully saturated rings. The summed E-state index contributed by atoms with van der Waals surface area (Å²) in [5.41, 5.74) is 0. The van der Waals surface area contributed by atoms with Crippen LogP contribution in [-0.4, -0.2) is 26.0 Å². The van der Waals surface area contributed by atoms with Crippen molar-refractivity contribution in [2.75, 3.05) is 13.7 Å². The molecule has 4 nitrogen and oxygen atoms in total. The molecule has 0 aliphatic carbocycles. The van der Waals surface area contributed by atoms with Crippen molar-refractivity contribution < 1.29 is 19.0 Å². The van der Waals surface area contributed by atoms with Crippen molar-refractivity contribution in [1.82, 2.24) is 0 Å². The number of methoxy groups -OCH3 is 1. The van der Waals surface area contributed by atoms with E-state index < -0.39 is 6.16 Å². The molecule has 0 saturated carbocycles. The van der Waals surface area contributed by atoms with E-state index in [2.05, 4.69) is 0 Å². The monoisotopic (exact) mass is 210 g/mol. The minimum absolute atomic E-state index is 0.131. The van der Waals surface area contributed by atoms with Crippen molar-refractivity contribution >= 4 is 6.16 Å². The Bertz CT molecular complexity index is 297. The molecule has 1 aromatic carbocycles. The molecule has 1 aromatic rings. The van der Waals surface area contributed by atoms with Gasteiger partial charge in [-0.3, -0.25) is 0 Å². The molecule has 0 heterocycles. The zero-order valence-corrected chi connectivity index (χ0v) is 8.80. The average Bonchev–Trinajstić information content (AvgIpc) is 2.27. The van der Waals surface area contributed by atoms with Gasteiger partial charge < -0.3 is 14.2 Å². The first-order valence-electron chi connectivity index (χ1n) is 4.65. The highest BCUT2D eigenvalue weighted by molar-refractivity contribution is 5.63. The summed E-state index contributed by atoms with van der Waals surface area (Å²) in [6.07, 6.45) is -0.849. The minimum Gasteiger partial charge on any atom is -0.431 e. The summed E-state index contributed by atoms with van der Waals surface area (Å²) in [7, 11) is 1.55. The van der Waals surface area contributed by atoms with Gasteiger partial charge >= 0.3 is 6.16 Å². The number of hydrogen-bond acceptors (Lipinski definition) is 4. The van der Waals surface area contributed by atoms with E-state index in [4.69, 9.17) is 14.2 Å². The number of para-hydroxylation sites is 1. The van der Waals surface area contributed by atoms with Crippen LogP contribution in [0, 0.1) is 0 Å². The number of rotatable bonds is 4. The third kappa shape index (κ3) is 4.46. The molecule has 0 N–H and O–H groups in total. The summed E-state index contributed by atoms with van der Waals surface area (Å²) in [5, 5.41) is 0. The van der Waals surface area contributed by atoms with Gasteiger partial charge in [-0.25, -0.2) is 4.79 Å². The van der Waals surface area contributed by atoms with Gasteiger partial charge in [0.25, 0.3) is 0 Å². The molecule has 0 radical (unpaired) electrons. The molecule has 0 aliphatic rings. The lowest BCUT2D eigenvalue weighted by Crippen LogP contribution is -2.19. The van der Waals surface area contributed by atoms with Crippen LogP contribution in [0.5, 0.6) is 5.75 Å². The van der Waals surface area contributed by atoms with Crippen LogP contribution in [0.15, 0.2) is 30.3 Å². The lowest BCUT2D eigenvalue weighted by Gasteiger charge is -2.09. The van der Waals surface area contributed by atoms with Crippen LogP contribution in [0.4, 0.5) is 4.79 Å². The van der Waals surface area contributed by atoms with Gasteiger partial charge in [0.15, 0.2) is 0 Å². The first-order chi connectivity index (χ1) is 7.22. The Hall–Kier alpha value is -1.55. The van der Waals surface area contributed by atoms with Crippen molar-refractivity contribution in [3.63, 3.8) is 0 Å². The van der Waals surface area contributed by atoms with Gasteiger partial charge in [0.05, 0.1) is 6.10 Å². The highest BCUT2D eigenvalue weighted by Gasteiger charge is 2.08. The molecule has 1 rings (SSSR count). The standard InChI is InChI=1S/C11H14O4/c1-9(13-2)8-14-11(12)15-10-6-4-3-5-7-10/h3-7,9H,8H2,1-2H3. The van der Waals surface area contributed by atoms with Crippen molar-refractivity contribution in [1.29, 1.82) is 0 Å². The van der Waals surface area contributed by atoms with Crippen molar-refractivity contribution in [3.8, 4) is 5.75 Å². The SMILES string of the molecule is COC(C)COC(=O)Oc1ccccc1. The van der Waals surface area contributed by atoms with E-state index in [1.165, 1.54) is 0 Å². The fourth-order valence-corrected chi connectivity index (χ4v) is 0.868. The maximum Gasteiger partial charge on any atom is 0.513 e. The first-order valence-corrected chi connectivity index (χ1v) is 4.65. The molecule has 1 unspecified atom stereocenters. The van der Waals surface area contributed by atoms with Crippen LogP contribution in [-0.2, 0) is 9.47 Å². The Morgan fingerprint density at radius 3 is 2.60 bits per heavy atom. The molecule has 1 atom stereocenters. The maximum absolute atomic E-state index is 11.1. The summed E-state index contributed by atoms with van der Waals surface area (Å²) in [6.45, 7) is 1.98. The molecule has 0 bridgehead atoms. The second kappa shape index (κ2) is 6.03. The van der Waals surface area contributed by atoms with E-state index in [0.29, 0.717) is 5.75 Å². The third-order valence-corrected chi connectivity index (χ3v) is 1.78. The highest BCUT2D eigenvalue weighted by atomic mass is 16.7. The molecular formula is C11H14O4. The Morgan fingerprint density at radius 2 is 2.00 bits per heavy atom. The maximum atomic E-state index is 11.1. The number of benzene rings is 1. The number of carbonyl (C=O) groups excluding carboxylic acids is 1. The number of hydrogen-bond donors (Lipinski definition) is 0. The molecule has 0 aliphatic heterocycles. The van der Waals surface area contributed by atoms with Gasteiger partial charge in [-0.2, -0.15) is 0 Å². The molecule has 0 aromatic heterocycles. The Morgan fingerprint density at radius 1 is 1.33 bits per heavy atom. The van der Waals surface area contributed by atoms with E-state index in [1.54, 1.807) is 38.3 Å². The van der Waals surface area contributed by atoms with Crippen molar-refractivity contribution in [2.45, 2.75) is 13.0 Å². The van der Waals surface area contributed by atoms with Crippen LogP contribution in [0.1, 0.15) is 6.92 Å². The van der Waals surface area contributed by atoms with Crippen LogP contribution < -0.4 is 4.74 Å². The zero-order valence-electron chi connectivity index (χ0n) is 8.80. The summed E-state index contributed by atoms with van der Waals surface area (Å²) in [5.74, 6) is 0.465. The molecule has 0 saturated heterocycles. The van der Waals surface area contributed by atoms with E-state index in [-0.39, 0.29) is 12.7 Å². The second-order valence-electron chi connectivity index (χ2n) is 3.02. The number of ether oxygens (including phenoxy) is 3. The minimum atomic E-state index is -0.717. The van der Waals surface area contributed by atoms with Gasteiger partial charge in [0.1, 0.15) is 12.4 Å². The largest absolute Gasteiger partial charge is 0.513 e. The topological polar surface area (TPSA) is 44.8 Å². The lowest BCUT2D eigenvalue weighted by atomic mass is 10.3. The Labute approximate surface area is 88.8 Å². The Kier molecular flexibility index (Phi) is 4.63.